The third-order valence-corrected chi connectivity index (χ3v) is 2.56. The number of nitrogens with one attached hydrogen (secondary N) is 2. The Hall–Kier alpha value is -0.570. The highest BCUT2D eigenvalue weighted by Crippen LogP contribution is 2.03. The van der Waals surface area contributed by atoms with Gasteiger partial charge in [-0.3, -0.25) is 4.79 Å². The molecule has 0 radical (unpaired) electrons. The Balaban J connectivity index is 3.09. The Kier molecular flexibility index (Phi) is 12.1. The lowest BCUT2D eigenvalue weighted by Crippen LogP contribution is -2.34. The molecule has 0 bridgehead atoms. The van der Waals surface area contributed by atoms with Crippen LogP contribution in [0.25, 0.3) is 0 Å². The molecule has 2 N–H and O–H groups in total. The standard InChI is InChI=1S/C13H28N2O/c1-3-5-6-7-8-9-11-15-13(16)12-14-10-4-2/h14H,3-12H2,1-2H3,(H,15,16). The second kappa shape index (κ2) is 12.5. The van der Waals surface area contributed by atoms with E-state index >= 15 is 0 Å². The van der Waals surface area contributed by atoms with Gasteiger partial charge in [-0.05, 0) is 19.4 Å². The number of unbranched alkanes of at least 4 members (excludes halogenated alkanes) is 5. The van der Waals surface area contributed by atoms with Crippen molar-refractivity contribution in [2.45, 2.75) is 58.8 Å². The van der Waals surface area contributed by atoms with Gasteiger partial charge in [-0.1, -0.05) is 46.0 Å². The normalized spacial score (nSPS) is 10.4. The van der Waals surface area contributed by atoms with Gasteiger partial charge in [0, 0.05) is 6.54 Å². The zero-order valence-corrected chi connectivity index (χ0v) is 11.0. The molecule has 0 aliphatic carbocycles. The predicted molar refractivity (Wildman–Crippen MR) is 69.5 cm³/mol. The lowest BCUT2D eigenvalue weighted by Gasteiger charge is -2.05. The molecule has 0 aromatic rings. The number of hydrogen-bond acceptors (Lipinski definition) is 2. The number of hydrogen-bond donors (Lipinski definition) is 2. The first kappa shape index (κ1) is 15.4. The van der Waals surface area contributed by atoms with E-state index in [0.717, 1.165) is 25.9 Å². The third kappa shape index (κ3) is 11.5. The zero-order valence-electron chi connectivity index (χ0n) is 11.0. The maximum Gasteiger partial charge on any atom is 0.233 e. The molecule has 1 amide bonds. The highest BCUT2D eigenvalue weighted by atomic mass is 16.1. The number of carbonyl (C=O) groups is 1. The van der Waals surface area contributed by atoms with E-state index in [0.29, 0.717) is 6.54 Å². The van der Waals surface area contributed by atoms with E-state index in [2.05, 4.69) is 24.5 Å². The van der Waals surface area contributed by atoms with Crippen molar-refractivity contribution in [2.24, 2.45) is 0 Å². The second-order valence-corrected chi connectivity index (χ2v) is 4.29. The third-order valence-electron chi connectivity index (χ3n) is 2.56. The van der Waals surface area contributed by atoms with Gasteiger partial charge in [-0.15, -0.1) is 0 Å². The van der Waals surface area contributed by atoms with Crippen LogP contribution < -0.4 is 10.6 Å². The number of amides is 1. The Bertz CT molecular complexity index is 160. The Morgan fingerprint density at radius 2 is 1.56 bits per heavy atom. The van der Waals surface area contributed by atoms with Gasteiger partial charge in [-0.2, -0.15) is 0 Å². The molecule has 0 unspecified atom stereocenters. The van der Waals surface area contributed by atoms with Crippen molar-refractivity contribution >= 4 is 5.91 Å². The fourth-order valence-corrected chi connectivity index (χ4v) is 1.57. The van der Waals surface area contributed by atoms with Crippen molar-refractivity contribution in [1.29, 1.82) is 0 Å². The molecule has 96 valence electrons. The molecule has 0 aliphatic rings. The largest absolute Gasteiger partial charge is 0.355 e. The molecule has 0 saturated heterocycles. The summed E-state index contributed by atoms with van der Waals surface area (Å²) in [4.78, 5) is 11.3. The molecular weight excluding hydrogens is 200 g/mol. The molecular formula is C13H28N2O. The highest BCUT2D eigenvalue weighted by Gasteiger charge is 1.98. The van der Waals surface area contributed by atoms with Crippen molar-refractivity contribution in [2.75, 3.05) is 19.6 Å². The van der Waals surface area contributed by atoms with E-state index < -0.39 is 0 Å². The quantitative estimate of drug-likeness (QED) is 0.533. The van der Waals surface area contributed by atoms with Crippen LogP contribution in [0.4, 0.5) is 0 Å². The maximum atomic E-state index is 11.3. The Morgan fingerprint density at radius 1 is 0.875 bits per heavy atom. The molecule has 0 aliphatic heterocycles. The van der Waals surface area contributed by atoms with Crippen LogP contribution in [0.2, 0.25) is 0 Å². The first-order valence-corrected chi connectivity index (χ1v) is 6.78. The molecule has 16 heavy (non-hydrogen) atoms. The van der Waals surface area contributed by atoms with Crippen molar-refractivity contribution < 1.29 is 4.79 Å². The predicted octanol–water partition coefficient (Wildman–Crippen LogP) is 2.46. The zero-order chi connectivity index (χ0) is 12.1. The van der Waals surface area contributed by atoms with Crippen LogP contribution in [0, 0.1) is 0 Å². The fourth-order valence-electron chi connectivity index (χ4n) is 1.57. The molecule has 0 rings (SSSR count). The summed E-state index contributed by atoms with van der Waals surface area (Å²) in [7, 11) is 0. The number of rotatable bonds is 11. The molecule has 0 fully saturated rings. The van der Waals surface area contributed by atoms with Gasteiger partial charge in [-0.25, -0.2) is 0 Å². The smallest absolute Gasteiger partial charge is 0.233 e. The average molecular weight is 228 g/mol. The van der Waals surface area contributed by atoms with Gasteiger partial charge in [0.1, 0.15) is 0 Å². The summed E-state index contributed by atoms with van der Waals surface area (Å²) in [5.41, 5.74) is 0. The molecule has 3 heteroatoms. The van der Waals surface area contributed by atoms with Crippen LogP contribution in [0.3, 0.4) is 0 Å². The fraction of sp³-hybridized carbons (Fsp3) is 0.923. The minimum atomic E-state index is 0.127. The van der Waals surface area contributed by atoms with Gasteiger partial charge in [0.25, 0.3) is 0 Å². The minimum Gasteiger partial charge on any atom is -0.355 e. The summed E-state index contributed by atoms with van der Waals surface area (Å²) in [6, 6.07) is 0. The summed E-state index contributed by atoms with van der Waals surface area (Å²) >= 11 is 0. The van der Waals surface area contributed by atoms with Gasteiger partial charge in [0.15, 0.2) is 0 Å². The first-order chi connectivity index (χ1) is 7.81. The van der Waals surface area contributed by atoms with Crippen LogP contribution in [-0.4, -0.2) is 25.5 Å². The first-order valence-electron chi connectivity index (χ1n) is 6.78. The summed E-state index contributed by atoms with van der Waals surface area (Å²) in [5, 5.41) is 6.02. The monoisotopic (exact) mass is 228 g/mol. The van der Waals surface area contributed by atoms with Crippen molar-refractivity contribution in [3.05, 3.63) is 0 Å². The van der Waals surface area contributed by atoms with Gasteiger partial charge >= 0.3 is 0 Å². The SMILES string of the molecule is CCCCCCCCNC(=O)CNCCC. The van der Waals surface area contributed by atoms with Crippen LogP contribution in [0.15, 0.2) is 0 Å². The van der Waals surface area contributed by atoms with E-state index in [-0.39, 0.29) is 5.91 Å². The highest BCUT2D eigenvalue weighted by molar-refractivity contribution is 5.77. The van der Waals surface area contributed by atoms with E-state index in [4.69, 9.17) is 0 Å². The van der Waals surface area contributed by atoms with Gasteiger partial charge in [0.05, 0.1) is 6.54 Å². The van der Waals surface area contributed by atoms with Crippen molar-refractivity contribution in [3.8, 4) is 0 Å². The summed E-state index contributed by atoms with van der Waals surface area (Å²) in [5.74, 6) is 0.127. The Labute approximate surface area is 100 Å². The van der Waals surface area contributed by atoms with Crippen LogP contribution in [0.5, 0.6) is 0 Å². The summed E-state index contributed by atoms with van der Waals surface area (Å²) in [6.45, 7) is 6.54. The van der Waals surface area contributed by atoms with Crippen LogP contribution >= 0.6 is 0 Å². The van der Waals surface area contributed by atoms with Crippen LogP contribution in [-0.2, 0) is 4.79 Å². The molecule has 0 heterocycles. The van der Waals surface area contributed by atoms with E-state index in [1.807, 2.05) is 0 Å². The average Bonchev–Trinajstić information content (AvgIpc) is 2.28. The van der Waals surface area contributed by atoms with Crippen LogP contribution in [0.1, 0.15) is 58.8 Å². The lowest BCUT2D eigenvalue weighted by molar-refractivity contribution is -0.120. The molecule has 3 nitrogen and oxygen atoms in total. The van der Waals surface area contributed by atoms with E-state index in [1.54, 1.807) is 0 Å². The number of carbonyl (C=O) groups excluding carboxylic acids is 1. The minimum absolute atomic E-state index is 0.127. The topological polar surface area (TPSA) is 41.1 Å². The van der Waals surface area contributed by atoms with Crippen molar-refractivity contribution in [3.63, 3.8) is 0 Å². The lowest BCUT2D eigenvalue weighted by atomic mass is 10.1. The Morgan fingerprint density at radius 3 is 2.25 bits per heavy atom. The van der Waals surface area contributed by atoms with E-state index in [9.17, 15) is 4.79 Å². The van der Waals surface area contributed by atoms with Gasteiger partial charge < -0.3 is 10.6 Å². The summed E-state index contributed by atoms with van der Waals surface area (Å²) < 4.78 is 0. The molecule has 0 aromatic heterocycles. The van der Waals surface area contributed by atoms with E-state index in [1.165, 1.54) is 32.1 Å². The molecule has 0 atom stereocenters. The second-order valence-electron chi connectivity index (χ2n) is 4.29. The van der Waals surface area contributed by atoms with Crippen molar-refractivity contribution in [1.82, 2.24) is 10.6 Å². The molecule has 0 spiro atoms. The summed E-state index contributed by atoms with van der Waals surface area (Å²) in [6.07, 6.45) is 8.70. The maximum absolute atomic E-state index is 11.3. The van der Waals surface area contributed by atoms with Gasteiger partial charge in [0.2, 0.25) is 5.91 Å². The molecule has 0 saturated carbocycles. The molecule has 0 aromatic carbocycles.